The fraction of sp³-hybridized carbons (Fsp3) is 0.0385. The summed E-state index contributed by atoms with van der Waals surface area (Å²) in [5.41, 5.74) is 4.82. The number of rotatable bonds is 5. The van der Waals surface area contributed by atoms with Crippen LogP contribution < -0.4 is 4.74 Å². The number of benzene rings is 3. The maximum absolute atomic E-state index is 5.24. The molecule has 0 aliphatic carbocycles. The van der Waals surface area contributed by atoms with Gasteiger partial charge in [0.05, 0.1) is 7.11 Å². The van der Waals surface area contributed by atoms with Gasteiger partial charge in [0.2, 0.25) is 21.1 Å². The van der Waals surface area contributed by atoms with E-state index in [1.165, 1.54) is 26.4 Å². The van der Waals surface area contributed by atoms with Gasteiger partial charge in [0, 0.05) is 23.3 Å². The molecule has 4 aromatic rings. The summed E-state index contributed by atoms with van der Waals surface area (Å²) in [5.74, 6) is 0.872. The Balaban J connectivity index is 1.74. The average molecular weight is 382 g/mol. The molecule has 28 heavy (non-hydrogen) atoms. The first-order chi connectivity index (χ1) is 13.8. The summed E-state index contributed by atoms with van der Waals surface area (Å²) in [6.07, 6.45) is 4.32. The van der Waals surface area contributed by atoms with Gasteiger partial charge in [-0.1, -0.05) is 60.7 Å². The molecule has 0 aliphatic heterocycles. The zero-order valence-corrected chi connectivity index (χ0v) is 16.5. The molecule has 0 N–H and O–H groups in total. The highest BCUT2D eigenvalue weighted by Gasteiger charge is 2.17. The Bertz CT molecular complexity index is 1010. The fourth-order valence-corrected chi connectivity index (χ4v) is 4.15. The Morgan fingerprint density at radius 3 is 1.61 bits per heavy atom. The molecule has 1 heterocycles. The molecule has 0 radical (unpaired) electrons. The minimum atomic E-state index is 0.872. The summed E-state index contributed by atoms with van der Waals surface area (Å²) in [7, 11) is 1.69. The van der Waals surface area contributed by atoms with Gasteiger partial charge >= 0.3 is 0 Å². The summed E-state index contributed by atoms with van der Waals surface area (Å²) < 4.78 is 5.24. The van der Waals surface area contributed by atoms with Crippen LogP contribution in [0.2, 0.25) is 0 Å². The number of ether oxygens (including phenoxy) is 1. The first-order valence-corrected chi connectivity index (χ1v) is 10.0. The lowest BCUT2D eigenvalue weighted by atomic mass is 10.1. The fourth-order valence-electron chi connectivity index (χ4n) is 3.01. The van der Waals surface area contributed by atoms with Crippen LogP contribution in [0.4, 0.5) is 0 Å². The van der Waals surface area contributed by atoms with E-state index in [2.05, 4.69) is 97.1 Å². The van der Waals surface area contributed by atoms with Gasteiger partial charge in [0.15, 0.2) is 0 Å². The Kier molecular flexibility index (Phi) is 5.60. The van der Waals surface area contributed by atoms with Gasteiger partial charge in [-0.25, -0.2) is 0 Å². The molecule has 0 saturated carbocycles. The molecular weight excluding hydrogens is 360 g/mol. The van der Waals surface area contributed by atoms with Gasteiger partial charge in [0.25, 0.3) is 0 Å². The SMILES string of the molecule is COc1ccc(/C=C/c2cc(-c3ccccc3)[s+]c(-c3ccccc3)c2)cc1. The molecule has 0 unspecified atom stereocenters. The summed E-state index contributed by atoms with van der Waals surface area (Å²) in [6.45, 7) is 0. The van der Waals surface area contributed by atoms with E-state index in [4.69, 9.17) is 4.74 Å². The molecule has 1 nitrogen and oxygen atoms in total. The monoisotopic (exact) mass is 381 g/mol. The number of hydrogen-bond acceptors (Lipinski definition) is 1. The van der Waals surface area contributed by atoms with E-state index in [0.29, 0.717) is 0 Å². The van der Waals surface area contributed by atoms with Gasteiger partial charge in [-0.3, -0.25) is 0 Å². The van der Waals surface area contributed by atoms with Crippen LogP contribution in [0.25, 0.3) is 33.0 Å². The lowest BCUT2D eigenvalue weighted by Crippen LogP contribution is -1.82. The second kappa shape index (κ2) is 8.64. The van der Waals surface area contributed by atoms with Crippen LogP contribution in [-0.4, -0.2) is 7.11 Å². The summed E-state index contributed by atoms with van der Waals surface area (Å²) in [5, 5.41) is 0. The van der Waals surface area contributed by atoms with Gasteiger partial charge in [0.1, 0.15) is 5.75 Å². The smallest absolute Gasteiger partial charge is 0.239 e. The molecule has 3 aromatic carbocycles. The van der Waals surface area contributed by atoms with Crippen molar-refractivity contribution in [3.05, 3.63) is 108 Å². The highest BCUT2D eigenvalue weighted by Crippen LogP contribution is 2.34. The predicted molar refractivity (Wildman–Crippen MR) is 122 cm³/mol. The third-order valence-electron chi connectivity index (χ3n) is 4.52. The maximum atomic E-state index is 5.24. The van der Waals surface area contributed by atoms with Crippen LogP contribution >= 0.6 is 11.3 Å². The molecule has 136 valence electrons. The van der Waals surface area contributed by atoms with Crippen LogP contribution in [-0.2, 0) is 0 Å². The summed E-state index contributed by atoms with van der Waals surface area (Å²) in [6, 6.07) is 33.7. The molecular formula is C26H21OS+. The van der Waals surface area contributed by atoms with E-state index >= 15 is 0 Å². The Morgan fingerprint density at radius 1 is 0.607 bits per heavy atom. The van der Waals surface area contributed by atoms with E-state index in [0.717, 1.165) is 11.3 Å². The van der Waals surface area contributed by atoms with E-state index < -0.39 is 0 Å². The molecule has 0 atom stereocenters. The van der Waals surface area contributed by atoms with E-state index in [9.17, 15) is 0 Å². The van der Waals surface area contributed by atoms with Crippen molar-refractivity contribution >= 4 is 23.5 Å². The Hall–Kier alpha value is -3.23. The number of methoxy groups -OCH3 is 1. The Morgan fingerprint density at radius 2 is 1.11 bits per heavy atom. The summed E-state index contributed by atoms with van der Waals surface area (Å²) >= 11 is 1.82. The molecule has 0 amide bonds. The van der Waals surface area contributed by atoms with Crippen molar-refractivity contribution in [2.24, 2.45) is 0 Å². The Labute approximate surface area is 170 Å². The predicted octanol–water partition coefficient (Wildman–Crippen LogP) is 7.54. The lowest BCUT2D eigenvalue weighted by molar-refractivity contribution is 0.415. The van der Waals surface area contributed by atoms with Crippen LogP contribution in [0.15, 0.2) is 97.1 Å². The van der Waals surface area contributed by atoms with Crippen molar-refractivity contribution < 1.29 is 4.74 Å². The second-order valence-electron chi connectivity index (χ2n) is 6.46. The summed E-state index contributed by atoms with van der Waals surface area (Å²) in [4.78, 5) is 2.52. The quantitative estimate of drug-likeness (QED) is 0.324. The van der Waals surface area contributed by atoms with Gasteiger partial charge < -0.3 is 4.74 Å². The van der Waals surface area contributed by atoms with Crippen molar-refractivity contribution in [3.8, 4) is 26.6 Å². The zero-order chi connectivity index (χ0) is 19.2. The third kappa shape index (κ3) is 4.36. The van der Waals surface area contributed by atoms with Crippen LogP contribution in [0.1, 0.15) is 11.1 Å². The molecule has 0 aliphatic rings. The number of hydrogen-bond donors (Lipinski definition) is 0. The van der Waals surface area contributed by atoms with Crippen LogP contribution in [0, 0.1) is 0 Å². The minimum Gasteiger partial charge on any atom is -0.497 e. The molecule has 4 rings (SSSR count). The van der Waals surface area contributed by atoms with Crippen LogP contribution in [0.5, 0.6) is 5.75 Å². The van der Waals surface area contributed by atoms with Crippen molar-refractivity contribution in [1.82, 2.24) is 0 Å². The third-order valence-corrected chi connectivity index (χ3v) is 5.66. The minimum absolute atomic E-state index is 0.872. The second-order valence-corrected chi connectivity index (χ2v) is 7.54. The average Bonchev–Trinajstić information content (AvgIpc) is 2.79. The van der Waals surface area contributed by atoms with Crippen molar-refractivity contribution in [3.63, 3.8) is 0 Å². The highest BCUT2D eigenvalue weighted by molar-refractivity contribution is 7.18. The largest absolute Gasteiger partial charge is 0.497 e. The first-order valence-electron chi connectivity index (χ1n) is 9.23. The normalized spacial score (nSPS) is 10.9. The van der Waals surface area contributed by atoms with Gasteiger partial charge in [-0.15, -0.1) is 0 Å². The lowest BCUT2D eigenvalue weighted by Gasteiger charge is -2.00. The van der Waals surface area contributed by atoms with Crippen LogP contribution in [0.3, 0.4) is 0 Å². The van der Waals surface area contributed by atoms with E-state index in [1.807, 2.05) is 23.5 Å². The highest BCUT2D eigenvalue weighted by atomic mass is 32.1. The zero-order valence-electron chi connectivity index (χ0n) is 15.7. The molecule has 1 aromatic heterocycles. The topological polar surface area (TPSA) is 9.23 Å². The van der Waals surface area contributed by atoms with Crippen molar-refractivity contribution in [1.29, 1.82) is 0 Å². The molecule has 0 fully saturated rings. The van der Waals surface area contributed by atoms with E-state index in [-0.39, 0.29) is 0 Å². The van der Waals surface area contributed by atoms with Crippen molar-refractivity contribution in [2.45, 2.75) is 0 Å². The molecule has 0 spiro atoms. The van der Waals surface area contributed by atoms with E-state index in [1.54, 1.807) is 7.11 Å². The standard InChI is InChI=1S/C26H21OS/c1-27-24-16-14-20(15-17-24)12-13-21-18-25(22-8-4-2-5-9-22)28-26(19-21)23-10-6-3-7-11-23/h2-19H,1H3/q+1/b13-12+. The van der Waals surface area contributed by atoms with Gasteiger partial charge in [-0.2, -0.15) is 0 Å². The molecule has 0 saturated heterocycles. The van der Waals surface area contributed by atoms with Gasteiger partial charge in [-0.05, 0) is 47.5 Å². The first kappa shape index (κ1) is 18.1. The maximum Gasteiger partial charge on any atom is 0.239 e. The molecule has 2 heteroatoms. The van der Waals surface area contributed by atoms with Crippen molar-refractivity contribution in [2.75, 3.05) is 7.11 Å². The molecule has 0 bridgehead atoms.